The Morgan fingerprint density at radius 3 is 2.80 bits per heavy atom. The summed E-state index contributed by atoms with van der Waals surface area (Å²) in [5.74, 6) is 0.806. The first-order chi connectivity index (χ1) is 7.16. The summed E-state index contributed by atoms with van der Waals surface area (Å²) >= 11 is 0. The van der Waals surface area contributed by atoms with Crippen molar-refractivity contribution in [1.82, 2.24) is 4.98 Å². The van der Waals surface area contributed by atoms with Crippen LogP contribution in [0.25, 0.3) is 0 Å². The number of aliphatic hydroxyl groups is 1. The maximum Gasteiger partial charge on any atom is 0.151 e. The van der Waals surface area contributed by atoms with Crippen molar-refractivity contribution in [2.45, 2.75) is 26.3 Å². The number of hydrogen-bond acceptors (Lipinski definition) is 4. The molecule has 0 saturated heterocycles. The zero-order valence-corrected chi connectivity index (χ0v) is 9.35. The summed E-state index contributed by atoms with van der Waals surface area (Å²) in [5, 5.41) is 8.83. The molecule has 0 bridgehead atoms. The minimum absolute atomic E-state index is 0.190. The molecule has 1 aromatic heterocycles. The molecule has 0 saturated carbocycles. The Labute approximate surface area is 90.7 Å². The van der Waals surface area contributed by atoms with Gasteiger partial charge < -0.3 is 15.7 Å². The number of aromatic nitrogens is 1. The van der Waals surface area contributed by atoms with Crippen molar-refractivity contribution in [1.29, 1.82) is 0 Å². The van der Waals surface area contributed by atoms with Crippen LogP contribution in [0, 0.1) is 0 Å². The standard InChI is InChI=1S/C11H19N3O/c1-9(2)14(7-4-8-15)11-10(12)5-3-6-13-11/h3,5-6,9,15H,4,7-8,12H2,1-2H3. The number of nitrogen functional groups attached to an aromatic ring is 1. The molecule has 0 aliphatic heterocycles. The lowest BCUT2D eigenvalue weighted by molar-refractivity contribution is 0.288. The molecular weight excluding hydrogens is 190 g/mol. The van der Waals surface area contributed by atoms with E-state index in [-0.39, 0.29) is 6.61 Å². The van der Waals surface area contributed by atoms with E-state index >= 15 is 0 Å². The molecule has 4 heteroatoms. The Morgan fingerprint density at radius 2 is 2.27 bits per heavy atom. The highest BCUT2D eigenvalue weighted by Gasteiger charge is 2.13. The van der Waals surface area contributed by atoms with E-state index in [1.807, 2.05) is 12.1 Å². The van der Waals surface area contributed by atoms with Crippen molar-refractivity contribution in [2.24, 2.45) is 0 Å². The number of nitrogens with zero attached hydrogens (tertiary/aromatic N) is 2. The highest BCUT2D eigenvalue weighted by Crippen LogP contribution is 2.21. The predicted octanol–water partition coefficient (Wildman–Crippen LogP) is 1.26. The summed E-state index contributed by atoms with van der Waals surface area (Å²) < 4.78 is 0. The minimum atomic E-state index is 0.190. The van der Waals surface area contributed by atoms with E-state index in [1.165, 1.54) is 0 Å². The third kappa shape index (κ3) is 3.09. The molecule has 0 fully saturated rings. The molecule has 0 aromatic carbocycles. The van der Waals surface area contributed by atoms with Crippen LogP contribution in [0.1, 0.15) is 20.3 Å². The van der Waals surface area contributed by atoms with Crippen LogP contribution in [0.15, 0.2) is 18.3 Å². The van der Waals surface area contributed by atoms with E-state index in [0.717, 1.165) is 18.8 Å². The maximum absolute atomic E-state index is 8.83. The van der Waals surface area contributed by atoms with Crippen LogP contribution < -0.4 is 10.6 Å². The van der Waals surface area contributed by atoms with E-state index in [9.17, 15) is 0 Å². The lowest BCUT2D eigenvalue weighted by Gasteiger charge is -2.28. The van der Waals surface area contributed by atoms with Crippen LogP contribution >= 0.6 is 0 Å². The monoisotopic (exact) mass is 209 g/mol. The number of aliphatic hydroxyl groups excluding tert-OH is 1. The molecular formula is C11H19N3O. The normalized spacial score (nSPS) is 10.7. The van der Waals surface area contributed by atoms with Crippen LogP contribution in [0.4, 0.5) is 11.5 Å². The van der Waals surface area contributed by atoms with Crippen LogP contribution in [-0.2, 0) is 0 Å². The first-order valence-electron chi connectivity index (χ1n) is 5.24. The van der Waals surface area contributed by atoms with E-state index < -0.39 is 0 Å². The average molecular weight is 209 g/mol. The van der Waals surface area contributed by atoms with Gasteiger partial charge in [0, 0.05) is 25.4 Å². The van der Waals surface area contributed by atoms with Gasteiger partial charge in [-0.05, 0) is 32.4 Å². The first-order valence-corrected chi connectivity index (χ1v) is 5.24. The smallest absolute Gasteiger partial charge is 0.151 e. The molecule has 0 atom stereocenters. The summed E-state index contributed by atoms with van der Waals surface area (Å²) in [5.41, 5.74) is 6.55. The third-order valence-electron chi connectivity index (χ3n) is 2.27. The van der Waals surface area contributed by atoms with Crippen molar-refractivity contribution in [3.05, 3.63) is 18.3 Å². The molecule has 0 aliphatic carbocycles. The number of anilines is 2. The SMILES string of the molecule is CC(C)N(CCCO)c1ncccc1N. The molecule has 1 aromatic rings. The van der Waals surface area contributed by atoms with Gasteiger partial charge in [0.15, 0.2) is 5.82 Å². The summed E-state index contributed by atoms with van der Waals surface area (Å²) in [7, 11) is 0. The molecule has 0 aliphatic rings. The van der Waals surface area contributed by atoms with Gasteiger partial charge in [0.05, 0.1) is 5.69 Å². The van der Waals surface area contributed by atoms with E-state index in [1.54, 1.807) is 6.20 Å². The zero-order valence-electron chi connectivity index (χ0n) is 9.35. The van der Waals surface area contributed by atoms with Crippen molar-refractivity contribution < 1.29 is 5.11 Å². The maximum atomic E-state index is 8.83. The van der Waals surface area contributed by atoms with Crippen molar-refractivity contribution in [3.8, 4) is 0 Å². The summed E-state index contributed by atoms with van der Waals surface area (Å²) in [6, 6.07) is 3.99. The van der Waals surface area contributed by atoms with E-state index in [4.69, 9.17) is 10.8 Å². The number of rotatable bonds is 5. The van der Waals surface area contributed by atoms with E-state index in [2.05, 4.69) is 23.7 Å². The van der Waals surface area contributed by atoms with Crippen LogP contribution in [0.2, 0.25) is 0 Å². The lowest BCUT2D eigenvalue weighted by atomic mass is 10.2. The van der Waals surface area contributed by atoms with Gasteiger partial charge in [0.2, 0.25) is 0 Å². The fourth-order valence-corrected chi connectivity index (χ4v) is 1.50. The molecule has 0 amide bonds. The highest BCUT2D eigenvalue weighted by molar-refractivity contribution is 5.62. The van der Waals surface area contributed by atoms with Crippen molar-refractivity contribution in [3.63, 3.8) is 0 Å². The zero-order chi connectivity index (χ0) is 11.3. The molecule has 0 spiro atoms. The van der Waals surface area contributed by atoms with Gasteiger partial charge in [-0.2, -0.15) is 0 Å². The average Bonchev–Trinajstić information content (AvgIpc) is 2.20. The molecule has 3 N–H and O–H groups in total. The molecule has 15 heavy (non-hydrogen) atoms. The first kappa shape index (κ1) is 11.8. The number of pyridine rings is 1. The quantitative estimate of drug-likeness (QED) is 0.766. The fraction of sp³-hybridized carbons (Fsp3) is 0.545. The van der Waals surface area contributed by atoms with Gasteiger partial charge in [-0.3, -0.25) is 0 Å². The summed E-state index contributed by atoms with van der Waals surface area (Å²) in [6.07, 6.45) is 2.47. The summed E-state index contributed by atoms with van der Waals surface area (Å²) in [4.78, 5) is 6.37. The largest absolute Gasteiger partial charge is 0.396 e. The summed E-state index contributed by atoms with van der Waals surface area (Å²) in [6.45, 7) is 5.14. The van der Waals surface area contributed by atoms with Crippen LogP contribution in [0.3, 0.4) is 0 Å². The molecule has 1 heterocycles. The van der Waals surface area contributed by atoms with Crippen LogP contribution in [0.5, 0.6) is 0 Å². The second-order valence-corrected chi connectivity index (χ2v) is 3.78. The fourth-order valence-electron chi connectivity index (χ4n) is 1.50. The van der Waals surface area contributed by atoms with Gasteiger partial charge in [0.25, 0.3) is 0 Å². The highest BCUT2D eigenvalue weighted by atomic mass is 16.3. The van der Waals surface area contributed by atoms with Gasteiger partial charge in [-0.25, -0.2) is 4.98 Å². The van der Waals surface area contributed by atoms with Crippen molar-refractivity contribution in [2.75, 3.05) is 23.8 Å². The topological polar surface area (TPSA) is 62.4 Å². The molecule has 1 rings (SSSR count). The van der Waals surface area contributed by atoms with Gasteiger partial charge in [0.1, 0.15) is 0 Å². The molecule has 0 radical (unpaired) electrons. The Hall–Kier alpha value is -1.29. The van der Waals surface area contributed by atoms with Crippen molar-refractivity contribution >= 4 is 11.5 Å². The predicted molar refractivity (Wildman–Crippen MR) is 62.8 cm³/mol. The Morgan fingerprint density at radius 1 is 1.53 bits per heavy atom. The van der Waals surface area contributed by atoms with Crippen LogP contribution in [-0.4, -0.2) is 29.3 Å². The Balaban J connectivity index is 2.84. The third-order valence-corrected chi connectivity index (χ3v) is 2.27. The molecule has 84 valence electrons. The lowest BCUT2D eigenvalue weighted by Crippen LogP contribution is -2.33. The molecule has 4 nitrogen and oxygen atoms in total. The second kappa shape index (κ2) is 5.56. The Bertz CT molecular complexity index is 302. The van der Waals surface area contributed by atoms with Gasteiger partial charge in [-0.1, -0.05) is 0 Å². The van der Waals surface area contributed by atoms with Gasteiger partial charge in [-0.15, -0.1) is 0 Å². The number of nitrogens with two attached hydrogens (primary N) is 1. The minimum Gasteiger partial charge on any atom is -0.396 e. The number of hydrogen-bond donors (Lipinski definition) is 2. The second-order valence-electron chi connectivity index (χ2n) is 3.78. The molecule has 0 unspecified atom stereocenters. The van der Waals surface area contributed by atoms with Gasteiger partial charge >= 0.3 is 0 Å². The Kier molecular flexibility index (Phi) is 4.37. The van der Waals surface area contributed by atoms with E-state index in [0.29, 0.717) is 11.7 Å².